The summed E-state index contributed by atoms with van der Waals surface area (Å²) in [6.07, 6.45) is 91.7. The summed E-state index contributed by atoms with van der Waals surface area (Å²) in [6.45, 7) is 6.43. The fourth-order valence-electron chi connectivity index (χ4n) is 8.53. The Morgan fingerprint density at radius 3 is 0.821 bits per heavy atom. The van der Waals surface area contributed by atoms with Gasteiger partial charge in [-0.1, -0.05) is 264 Å². The molecule has 0 saturated carbocycles. The molecule has 0 aromatic heterocycles. The molecule has 0 amide bonds. The van der Waals surface area contributed by atoms with E-state index in [2.05, 4.69) is 154 Å². The second kappa shape index (κ2) is 65.1. The smallest absolute Gasteiger partial charge is 0.306 e. The van der Waals surface area contributed by atoms with Crippen molar-refractivity contribution in [1.82, 2.24) is 0 Å². The van der Waals surface area contributed by atoms with Gasteiger partial charge in [0.25, 0.3) is 0 Å². The quantitative estimate of drug-likeness (QED) is 0.0261. The van der Waals surface area contributed by atoms with E-state index in [0.29, 0.717) is 19.3 Å². The third-order valence-corrected chi connectivity index (χ3v) is 13.4. The number of ether oxygens (including phenoxy) is 3. The van der Waals surface area contributed by atoms with Gasteiger partial charge in [0.05, 0.1) is 0 Å². The summed E-state index contributed by atoms with van der Waals surface area (Å²) >= 11 is 0. The number of hydrogen-bond donors (Lipinski definition) is 0. The predicted octanol–water partition coefficient (Wildman–Crippen LogP) is 22.2. The fraction of sp³-hybridized carbons (Fsp3) is 0.653. The van der Waals surface area contributed by atoms with Gasteiger partial charge in [0.2, 0.25) is 0 Å². The topological polar surface area (TPSA) is 78.9 Å². The van der Waals surface area contributed by atoms with Crippen LogP contribution in [0.4, 0.5) is 0 Å². The molecule has 0 aromatic carbocycles. The first-order valence-corrected chi connectivity index (χ1v) is 32.2. The maximum absolute atomic E-state index is 12.9. The lowest BCUT2D eigenvalue weighted by atomic mass is 10.1. The summed E-state index contributed by atoms with van der Waals surface area (Å²) in [7, 11) is 0. The molecule has 0 heterocycles. The van der Waals surface area contributed by atoms with Gasteiger partial charge in [-0.2, -0.15) is 0 Å². The van der Waals surface area contributed by atoms with E-state index < -0.39 is 6.10 Å². The number of hydrogen-bond acceptors (Lipinski definition) is 6. The molecule has 0 radical (unpaired) electrons. The Morgan fingerprint density at radius 2 is 0.513 bits per heavy atom. The second-order valence-electron chi connectivity index (χ2n) is 20.9. The summed E-state index contributed by atoms with van der Waals surface area (Å²) < 4.78 is 16.9. The molecule has 0 N–H and O–H groups in total. The molecule has 0 aliphatic rings. The van der Waals surface area contributed by atoms with Crippen molar-refractivity contribution in [2.24, 2.45) is 0 Å². The maximum Gasteiger partial charge on any atom is 0.306 e. The van der Waals surface area contributed by atoms with E-state index in [1.165, 1.54) is 83.5 Å². The lowest BCUT2D eigenvalue weighted by Crippen LogP contribution is -2.30. The summed E-state index contributed by atoms with van der Waals surface area (Å²) in [5.74, 6) is -0.926. The van der Waals surface area contributed by atoms with Gasteiger partial charge in [0.1, 0.15) is 13.2 Å². The molecule has 0 fully saturated rings. The minimum absolute atomic E-state index is 0.0944. The zero-order valence-electron chi connectivity index (χ0n) is 50.6. The molecule has 0 saturated heterocycles. The Labute approximate surface area is 481 Å². The van der Waals surface area contributed by atoms with Crippen LogP contribution < -0.4 is 0 Å². The van der Waals surface area contributed by atoms with Crippen LogP contribution in [0, 0.1) is 0 Å². The van der Waals surface area contributed by atoms with Crippen molar-refractivity contribution in [3.63, 3.8) is 0 Å². The monoisotopic (exact) mass is 1080 g/mol. The fourth-order valence-corrected chi connectivity index (χ4v) is 8.53. The average molecular weight is 1080 g/mol. The Hall–Kier alpha value is -4.45. The predicted molar refractivity (Wildman–Crippen MR) is 339 cm³/mol. The summed E-state index contributed by atoms with van der Waals surface area (Å²) in [5, 5.41) is 0. The number of unbranched alkanes of at least 4 members (excludes halogenated alkanes) is 24. The summed E-state index contributed by atoms with van der Waals surface area (Å²) in [4.78, 5) is 38.3. The maximum atomic E-state index is 12.9. The van der Waals surface area contributed by atoms with Crippen LogP contribution in [0.15, 0.2) is 134 Å². The number of rotatable bonds is 57. The zero-order valence-corrected chi connectivity index (χ0v) is 50.6. The van der Waals surface area contributed by atoms with Crippen molar-refractivity contribution >= 4 is 17.9 Å². The van der Waals surface area contributed by atoms with E-state index in [1.54, 1.807) is 0 Å². The van der Waals surface area contributed by atoms with E-state index in [1.807, 2.05) is 0 Å². The highest BCUT2D eigenvalue weighted by atomic mass is 16.6. The molecule has 0 rings (SSSR count). The van der Waals surface area contributed by atoms with Gasteiger partial charge in [-0.3, -0.25) is 14.4 Å². The zero-order chi connectivity index (χ0) is 56.4. The molecule has 0 spiro atoms. The lowest BCUT2D eigenvalue weighted by Gasteiger charge is -2.18. The normalized spacial score (nSPS) is 13.0. The van der Waals surface area contributed by atoms with Crippen LogP contribution in [-0.2, 0) is 28.6 Å². The van der Waals surface area contributed by atoms with Crippen LogP contribution in [0.1, 0.15) is 284 Å². The molecular formula is C72H118O6. The Morgan fingerprint density at radius 1 is 0.269 bits per heavy atom. The molecular weight excluding hydrogens is 961 g/mol. The highest BCUT2D eigenvalue weighted by molar-refractivity contribution is 5.71. The van der Waals surface area contributed by atoms with Gasteiger partial charge in [-0.25, -0.2) is 0 Å². The van der Waals surface area contributed by atoms with E-state index >= 15 is 0 Å². The summed E-state index contributed by atoms with van der Waals surface area (Å²) in [6, 6.07) is 0. The largest absolute Gasteiger partial charge is 0.462 e. The Kier molecular flexibility index (Phi) is 61.4. The first-order valence-electron chi connectivity index (χ1n) is 32.2. The van der Waals surface area contributed by atoms with Gasteiger partial charge < -0.3 is 14.2 Å². The van der Waals surface area contributed by atoms with Crippen molar-refractivity contribution in [2.75, 3.05) is 13.2 Å². The van der Waals surface area contributed by atoms with Gasteiger partial charge in [-0.05, 0) is 135 Å². The van der Waals surface area contributed by atoms with Crippen LogP contribution in [0.3, 0.4) is 0 Å². The number of carbonyl (C=O) groups is 3. The highest BCUT2D eigenvalue weighted by Gasteiger charge is 2.19. The van der Waals surface area contributed by atoms with Crippen LogP contribution in [-0.4, -0.2) is 37.2 Å². The van der Waals surface area contributed by atoms with Crippen molar-refractivity contribution in [3.8, 4) is 0 Å². The van der Waals surface area contributed by atoms with Crippen LogP contribution in [0.25, 0.3) is 0 Å². The molecule has 0 aliphatic carbocycles. The molecule has 0 bridgehead atoms. The van der Waals surface area contributed by atoms with Crippen LogP contribution in [0.2, 0.25) is 0 Å². The number of esters is 3. The first kappa shape index (κ1) is 73.5. The molecule has 78 heavy (non-hydrogen) atoms. The van der Waals surface area contributed by atoms with E-state index in [9.17, 15) is 14.4 Å². The first-order chi connectivity index (χ1) is 38.5. The number of allylic oxidation sites excluding steroid dienone is 22. The minimum Gasteiger partial charge on any atom is -0.462 e. The Balaban J connectivity index is 4.31. The van der Waals surface area contributed by atoms with Crippen molar-refractivity contribution < 1.29 is 28.6 Å². The lowest BCUT2D eigenvalue weighted by molar-refractivity contribution is -0.167. The molecule has 0 aromatic rings. The third kappa shape index (κ3) is 62.4. The molecule has 1 atom stereocenters. The van der Waals surface area contributed by atoms with Crippen LogP contribution in [0.5, 0.6) is 0 Å². The molecule has 0 aliphatic heterocycles. The van der Waals surface area contributed by atoms with Gasteiger partial charge >= 0.3 is 17.9 Å². The van der Waals surface area contributed by atoms with E-state index in [-0.39, 0.29) is 31.1 Å². The van der Waals surface area contributed by atoms with Crippen molar-refractivity contribution in [2.45, 2.75) is 290 Å². The second-order valence-corrected chi connectivity index (χ2v) is 20.9. The average Bonchev–Trinajstić information content (AvgIpc) is 3.44. The minimum atomic E-state index is -0.798. The van der Waals surface area contributed by atoms with Gasteiger partial charge in [0, 0.05) is 19.3 Å². The van der Waals surface area contributed by atoms with Gasteiger partial charge in [0.15, 0.2) is 6.10 Å². The number of carbonyl (C=O) groups excluding carboxylic acids is 3. The van der Waals surface area contributed by atoms with Gasteiger partial charge in [-0.15, -0.1) is 0 Å². The highest BCUT2D eigenvalue weighted by Crippen LogP contribution is 2.15. The molecule has 1 unspecified atom stereocenters. The van der Waals surface area contributed by atoms with E-state index in [4.69, 9.17) is 14.2 Å². The van der Waals surface area contributed by atoms with Crippen LogP contribution >= 0.6 is 0 Å². The SMILES string of the molecule is CC/C=C\C/C=C\C/C=C\C/C=C\C/C=C\C/C=C\C/C=C\CCCCCCCCCCCC(=O)OCC(COC(=O)CCCCCCC/C=C\C/C=C\CCCC)OC(=O)CCCCCCC/C=C\C/C=C\CCCCC. The molecule has 6 nitrogen and oxygen atoms in total. The van der Waals surface area contributed by atoms with Crippen molar-refractivity contribution in [1.29, 1.82) is 0 Å². The third-order valence-electron chi connectivity index (χ3n) is 13.4. The van der Waals surface area contributed by atoms with E-state index in [0.717, 1.165) is 161 Å². The molecule has 6 heteroatoms. The Bertz CT molecular complexity index is 1670. The molecule has 442 valence electrons. The summed E-state index contributed by atoms with van der Waals surface area (Å²) in [5.41, 5.74) is 0. The standard InChI is InChI=1S/C72H118O6/c1-4-7-10-13-16-19-22-25-28-29-30-31-32-33-34-35-36-37-38-39-40-41-42-43-45-47-50-53-56-59-62-65-71(74)77-68-69(67-76-70(73)64-61-58-55-52-49-46-27-24-21-18-15-12-9-6-3)78-72(75)66-63-60-57-54-51-48-44-26-23-20-17-14-11-8-5-2/h7,10,15-20,24-28,30-31,33-34,36-37,39-40,44,69H,4-6,8-9,11-14,21-23,29,32,35,38,41-43,45-68H2,1-3H3/b10-7-,18-15-,19-16-,20-17-,27-24-,28-25-,31-30-,34-33-,37-36-,40-39-,44-26-. The van der Waals surface area contributed by atoms with Crippen molar-refractivity contribution in [3.05, 3.63) is 134 Å².